The maximum atomic E-state index is 12.3. The normalized spacial score (nSPS) is 12.9. The van der Waals surface area contributed by atoms with Crippen molar-refractivity contribution in [1.82, 2.24) is 10.3 Å². The number of rotatable bonds is 6. The SMILES string of the molecule is CCOC(=O)c1ccc(S(=O)(=O)NNC(=O)c2ccc3c(c2)OCCO3)cc1. The monoisotopic (exact) mass is 406 g/mol. The smallest absolute Gasteiger partial charge is 0.338 e. The Bertz CT molecular complexity index is 987. The molecule has 2 aromatic rings. The van der Waals surface area contributed by atoms with Gasteiger partial charge in [0.1, 0.15) is 13.2 Å². The van der Waals surface area contributed by atoms with Crippen LogP contribution in [-0.4, -0.2) is 40.1 Å². The van der Waals surface area contributed by atoms with Crippen LogP contribution in [0.4, 0.5) is 0 Å². The maximum Gasteiger partial charge on any atom is 0.338 e. The molecule has 0 radical (unpaired) electrons. The van der Waals surface area contributed by atoms with Crippen molar-refractivity contribution < 1.29 is 32.2 Å². The minimum Gasteiger partial charge on any atom is -0.486 e. The van der Waals surface area contributed by atoms with Crippen LogP contribution >= 0.6 is 0 Å². The van der Waals surface area contributed by atoms with Crippen LogP contribution in [-0.2, 0) is 14.8 Å². The summed E-state index contributed by atoms with van der Waals surface area (Å²) in [5.41, 5.74) is 2.56. The van der Waals surface area contributed by atoms with Gasteiger partial charge in [-0.1, -0.05) is 0 Å². The van der Waals surface area contributed by atoms with Crippen LogP contribution in [0.3, 0.4) is 0 Å². The molecule has 0 aliphatic carbocycles. The number of fused-ring (bicyclic) bond motifs is 1. The Morgan fingerprint density at radius 1 is 1.00 bits per heavy atom. The van der Waals surface area contributed by atoms with Crippen molar-refractivity contribution in [3.8, 4) is 11.5 Å². The van der Waals surface area contributed by atoms with Crippen molar-refractivity contribution in [3.63, 3.8) is 0 Å². The number of amides is 1. The number of nitrogens with one attached hydrogen (secondary N) is 2. The molecule has 2 N–H and O–H groups in total. The molecule has 1 aliphatic rings. The van der Waals surface area contributed by atoms with Crippen LogP contribution < -0.4 is 19.7 Å². The molecule has 3 rings (SSSR count). The molecule has 0 bridgehead atoms. The predicted molar refractivity (Wildman–Crippen MR) is 97.6 cm³/mol. The van der Waals surface area contributed by atoms with Crippen molar-refractivity contribution in [2.75, 3.05) is 19.8 Å². The summed E-state index contributed by atoms with van der Waals surface area (Å²) in [6.07, 6.45) is 0. The van der Waals surface area contributed by atoms with Gasteiger partial charge in [-0.2, -0.15) is 0 Å². The van der Waals surface area contributed by atoms with Crippen LogP contribution in [0.5, 0.6) is 11.5 Å². The van der Waals surface area contributed by atoms with Crippen LogP contribution in [0, 0.1) is 0 Å². The molecule has 28 heavy (non-hydrogen) atoms. The first-order valence-corrected chi connectivity index (χ1v) is 9.88. The number of hydrogen-bond acceptors (Lipinski definition) is 7. The van der Waals surface area contributed by atoms with Gasteiger partial charge in [0.25, 0.3) is 15.9 Å². The predicted octanol–water partition coefficient (Wildman–Crippen LogP) is 1.26. The minimum absolute atomic E-state index is 0.122. The quantitative estimate of drug-likeness (QED) is 0.547. The van der Waals surface area contributed by atoms with E-state index in [9.17, 15) is 18.0 Å². The van der Waals surface area contributed by atoms with E-state index in [2.05, 4.69) is 5.43 Å². The molecule has 9 nitrogen and oxygen atoms in total. The van der Waals surface area contributed by atoms with Crippen molar-refractivity contribution >= 4 is 21.9 Å². The van der Waals surface area contributed by atoms with Gasteiger partial charge in [-0.3, -0.25) is 10.2 Å². The van der Waals surface area contributed by atoms with E-state index < -0.39 is 21.9 Å². The van der Waals surface area contributed by atoms with E-state index in [1.807, 2.05) is 4.83 Å². The number of sulfonamides is 1. The van der Waals surface area contributed by atoms with Gasteiger partial charge in [0.2, 0.25) is 0 Å². The topological polar surface area (TPSA) is 120 Å². The number of carbonyl (C=O) groups excluding carboxylic acids is 2. The van der Waals surface area contributed by atoms with E-state index in [1.54, 1.807) is 13.0 Å². The van der Waals surface area contributed by atoms with Crippen molar-refractivity contribution in [2.24, 2.45) is 0 Å². The first-order chi connectivity index (χ1) is 13.4. The molecule has 0 aromatic heterocycles. The molecule has 1 amide bonds. The second-order valence-electron chi connectivity index (χ2n) is 5.66. The zero-order valence-electron chi connectivity index (χ0n) is 14.9. The largest absolute Gasteiger partial charge is 0.486 e. The lowest BCUT2D eigenvalue weighted by atomic mass is 10.2. The third-order valence-electron chi connectivity index (χ3n) is 3.78. The van der Waals surface area contributed by atoms with Crippen molar-refractivity contribution in [3.05, 3.63) is 53.6 Å². The van der Waals surface area contributed by atoms with Gasteiger partial charge in [0.05, 0.1) is 17.1 Å². The van der Waals surface area contributed by atoms with E-state index in [0.717, 1.165) is 0 Å². The van der Waals surface area contributed by atoms with E-state index in [4.69, 9.17) is 14.2 Å². The van der Waals surface area contributed by atoms with E-state index >= 15 is 0 Å². The van der Waals surface area contributed by atoms with Gasteiger partial charge in [-0.05, 0) is 49.4 Å². The number of hydrogen-bond donors (Lipinski definition) is 2. The van der Waals surface area contributed by atoms with Crippen LogP contribution in [0.25, 0.3) is 0 Å². The molecule has 0 saturated heterocycles. The standard InChI is InChI=1S/C18H18N2O7S/c1-2-25-18(22)12-3-6-14(7-4-12)28(23,24)20-19-17(21)13-5-8-15-16(11-13)27-10-9-26-15/h3-8,11,20H,2,9-10H2,1H3,(H,19,21). The molecule has 0 saturated carbocycles. The molecule has 10 heteroatoms. The minimum atomic E-state index is -4.03. The van der Waals surface area contributed by atoms with Gasteiger partial charge in [0, 0.05) is 5.56 Å². The summed E-state index contributed by atoms with van der Waals surface area (Å²) in [6.45, 7) is 2.68. The summed E-state index contributed by atoms with van der Waals surface area (Å²) in [6, 6.07) is 9.67. The molecule has 1 aliphatic heterocycles. The fourth-order valence-corrected chi connectivity index (χ4v) is 3.25. The lowest BCUT2D eigenvalue weighted by Gasteiger charge is -2.18. The Morgan fingerprint density at radius 3 is 2.32 bits per heavy atom. The molecule has 0 fully saturated rings. The second-order valence-corrected chi connectivity index (χ2v) is 7.35. The van der Waals surface area contributed by atoms with Gasteiger partial charge < -0.3 is 14.2 Å². The lowest BCUT2D eigenvalue weighted by molar-refractivity contribution is 0.0526. The Hall–Kier alpha value is -3.11. The Labute approximate surface area is 161 Å². The Balaban J connectivity index is 1.66. The first-order valence-electron chi connectivity index (χ1n) is 8.39. The molecular weight excluding hydrogens is 388 g/mol. The van der Waals surface area contributed by atoms with Gasteiger partial charge in [-0.15, -0.1) is 4.83 Å². The summed E-state index contributed by atoms with van der Waals surface area (Å²) < 4.78 is 40.2. The number of hydrazine groups is 1. The fraction of sp³-hybridized carbons (Fsp3) is 0.222. The highest BCUT2D eigenvalue weighted by molar-refractivity contribution is 7.89. The molecule has 0 atom stereocenters. The van der Waals surface area contributed by atoms with E-state index in [0.29, 0.717) is 24.7 Å². The molecule has 0 unspecified atom stereocenters. The van der Waals surface area contributed by atoms with E-state index in [1.165, 1.54) is 36.4 Å². The van der Waals surface area contributed by atoms with Gasteiger partial charge in [-0.25, -0.2) is 13.2 Å². The highest BCUT2D eigenvalue weighted by Crippen LogP contribution is 2.30. The number of benzene rings is 2. The highest BCUT2D eigenvalue weighted by Gasteiger charge is 2.19. The molecule has 2 aromatic carbocycles. The summed E-state index contributed by atoms with van der Waals surface area (Å²) in [4.78, 5) is 25.7. The zero-order chi connectivity index (χ0) is 20.1. The second kappa shape index (κ2) is 8.28. The van der Waals surface area contributed by atoms with Gasteiger partial charge in [0.15, 0.2) is 11.5 Å². The fourth-order valence-electron chi connectivity index (χ4n) is 2.41. The van der Waals surface area contributed by atoms with Crippen LogP contribution in [0.1, 0.15) is 27.6 Å². The summed E-state index contributed by atoms with van der Waals surface area (Å²) in [7, 11) is -4.03. The molecule has 0 spiro atoms. The average Bonchev–Trinajstić information content (AvgIpc) is 2.72. The molecule has 148 valence electrons. The van der Waals surface area contributed by atoms with E-state index in [-0.39, 0.29) is 22.6 Å². The summed E-state index contributed by atoms with van der Waals surface area (Å²) >= 11 is 0. The first kappa shape index (κ1) is 19.6. The Morgan fingerprint density at radius 2 is 1.64 bits per heavy atom. The molecule has 1 heterocycles. The number of esters is 1. The zero-order valence-corrected chi connectivity index (χ0v) is 15.7. The number of ether oxygens (including phenoxy) is 3. The summed E-state index contributed by atoms with van der Waals surface area (Å²) in [5.74, 6) is -0.281. The van der Waals surface area contributed by atoms with Gasteiger partial charge >= 0.3 is 5.97 Å². The molecular formula is C18H18N2O7S. The van der Waals surface area contributed by atoms with Crippen LogP contribution in [0.2, 0.25) is 0 Å². The third-order valence-corrected chi connectivity index (χ3v) is 5.04. The number of carbonyl (C=O) groups is 2. The van der Waals surface area contributed by atoms with Crippen molar-refractivity contribution in [2.45, 2.75) is 11.8 Å². The summed E-state index contributed by atoms with van der Waals surface area (Å²) in [5, 5.41) is 0. The highest BCUT2D eigenvalue weighted by atomic mass is 32.2. The maximum absolute atomic E-state index is 12.3. The third kappa shape index (κ3) is 4.41. The lowest BCUT2D eigenvalue weighted by Crippen LogP contribution is -2.41. The average molecular weight is 406 g/mol. The Kier molecular flexibility index (Phi) is 5.81. The van der Waals surface area contributed by atoms with Crippen molar-refractivity contribution in [1.29, 1.82) is 0 Å². The van der Waals surface area contributed by atoms with Crippen LogP contribution in [0.15, 0.2) is 47.4 Å².